The van der Waals surface area contributed by atoms with Crippen molar-refractivity contribution >= 4 is 17.6 Å². The molecule has 0 atom stereocenters. The molecule has 0 radical (unpaired) electrons. The van der Waals surface area contributed by atoms with E-state index in [1.165, 1.54) is 0 Å². The van der Waals surface area contributed by atoms with Crippen LogP contribution in [0.3, 0.4) is 0 Å². The molecule has 1 saturated heterocycles. The highest BCUT2D eigenvalue weighted by Gasteiger charge is 2.15. The van der Waals surface area contributed by atoms with Crippen LogP contribution in [0.25, 0.3) is 0 Å². The average Bonchev–Trinajstić information content (AvgIpc) is 2.38. The van der Waals surface area contributed by atoms with Gasteiger partial charge in [0.2, 0.25) is 0 Å². The van der Waals surface area contributed by atoms with Gasteiger partial charge in [0.25, 0.3) is 0 Å². The first kappa shape index (κ1) is 12.7. The molecule has 2 heterocycles. The van der Waals surface area contributed by atoms with E-state index in [0.29, 0.717) is 5.25 Å². The van der Waals surface area contributed by atoms with E-state index in [-0.39, 0.29) is 0 Å². The Morgan fingerprint density at radius 3 is 3.00 bits per heavy atom. The Labute approximate surface area is 107 Å². The van der Waals surface area contributed by atoms with E-state index < -0.39 is 0 Å². The Kier molecular flexibility index (Phi) is 5.13. The summed E-state index contributed by atoms with van der Waals surface area (Å²) in [5.74, 6) is 0.990. The summed E-state index contributed by atoms with van der Waals surface area (Å²) in [4.78, 5) is 4.62. The molecule has 3 nitrogen and oxygen atoms in total. The van der Waals surface area contributed by atoms with Gasteiger partial charge in [0, 0.05) is 25.0 Å². The summed E-state index contributed by atoms with van der Waals surface area (Å²) in [6.07, 6.45) is 3.40. The third-order valence-electron chi connectivity index (χ3n) is 2.74. The molecule has 1 fully saturated rings. The van der Waals surface area contributed by atoms with Gasteiger partial charge in [-0.2, -0.15) is 0 Å². The standard InChI is InChI=1S/C13H20N2OS/c1-2-8-14-12-4-3-5-13(15-12)17-11-6-9-16-10-7-11/h3-5,11H,2,6-10H2,1H3,(H,14,15). The van der Waals surface area contributed by atoms with Crippen LogP contribution in [0, 0.1) is 0 Å². The van der Waals surface area contributed by atoms with Gasteiger partial charge in [0.1, 0.15) is 5.82 Å². The smallest absolute Gasteiger partial charge is 0.127 e. The van der Waals surface area contributed by atoms with Crippen LogP contribution >= 0.6 is 11.8 Å². The van der Waals surface area contributed by atoms with Crippen molar-refractivity contribution in [3.63, 3.8) is 0 Å². The van der Waals surface area contributed by atoms with Crippen LogP contribution < -0.4 is 5.32 Å². The topological polar surface area (TPSA) is 34.1 Å². The number of aromatic nitrogens is 1. The molecule has 0 bridgehead atoms. The molecule has 0 saturated carbocycles. The zero-order valence-electron chi connectivity index (χ0n) is 10.3. The Balaban J connectivity index is 1.90. The molecule has 1 N–H and O–H groups in total. The Bertz CT molecular complexity index is 340. The van der Waals surface area contributed by atoms with Gasteiger partial charge in [-0.1, -0.05) is 13.0 Å². The Hall–Kier alpha value is -0.740. The Morgan fingerprint density at radius 1 is 1.41 bits per heavy atom. The van der Waals surface area contributed by atoms with Gasteiger partial charge in [-0.25, -0.2) is 4.98 Å². The maximum atomic E-state index is 5.37. The summed E-state index contributed by atoms with van der Waals surface area (Å²) in [7, 11) is 0. The number of pyridine rings is 1. The van der Waals surface area contributed by atoms with Crippen molar-refractivity contribution in [3.8, 4) is 0 Å². The van der Waals surface area contributed by atoms with E-state index in [2.05, 4.69) is 29.4 Å². The number of rotatable bonds is 5. The van der Waals surface area contributed by atoms with Crippen LogP contribution in [0.4, 0.5) is 5.82 Å². The fraction of sp³-hybridized carbons (Fsp3) is 0.615. The van der Waals surface area contributed by atoms with Gasteiger partial charge < -0.3 is 10.1 Å². The van der Waals surface area contributed by atoms with Crippen molar-refractivity contribution < 1.29 is 4.74 Å². The van der Waals surface area contributed by atoms with E-state index in [1.54, 1.807) is 0 Å². The minimum absolute atomic E-state index is 0.665. The molecule has 0 unspecified atom stereocenters. The lowest BCUT2D eigenvalue weighted by Gasteiger charge is -2.21. The van der Waals surface area contributed by atoms with E-state index in [9.17, 15) is 0 Å². The summed E-state index contributed by atoms with van der Waals surface area (Å²) in [5, 5.41) is 5.11. The number of nitrogens with zero attached hydrogens (tertiary/aromatic N) is 1. The lowest BCUT2D eigenvalue weighted by Crippen LogP contribution is -2.17. The minimum Gasteiger partial charge on any atom is -0.381 e. The molecule has 1 aromatic heterocycles. The van der Waals surface area contributed by atoms with Crippen molar-refractivity contribution in [3.05, 3.63) is 18.2 Å². The number of nitrogens with one attached hydrogen (secondary N) is 1. The molecule has 4 heteroatoms. The molecule has 0 aromatic carbocycles. The van der Waals surface area contributed by atoms with E-state index in [0.717, 1.165) is 49.9 Å². The summed E-state index contributed by atoms with van der Waals surface area (Å²) >= 11 is 1.88. The quantitative estimate of drug-likeness (QED) is 0.873. The van der Waals surface area contributed by atoms with E-state index >= 15 is 0 Å². The van der Waals surface area contributed by atoms with Crippen molar-refractivity contribution in [1.82, 2.24) is 4.98 Å². The molecular weight excluding hydrogens is 232 g/mol. The fourth-order valence-corrected chi connectivity index (χ4v) is 2.87. The van der Waals surface area contributed by atoms with Crippen molar-refractivity contribution in [1.29, 1.82) is 0 Å². The lowest BCUT2D eigenvalue weighted by atomic mass is 10.2. The first-order chi connectivity index (χ1) is 8.38. The van der Waals surface area contributed by atoms with Gasteiger partial charge in [0.15, 0.2) is 0 Å². The number of thioether (sulfide) groups is 1. The predicted molar refractivity (Wildman–Crippen MR) is 72.7 cm³/mol. The number of hydrogen-bond acceptors (Lipinski definition) is 4. The lowest BCUT2D eigenvalue weighted by molar-refractivity contribution is 0.1000. The monoisotopic (exact) mass is 252 g/mol. The Morgan fingerprint density at radius 2 is 2.24 bits per heavy atom. The van der Waals surface area contributed by atoms with Crippen LogP contribution in [-0.4, -0.2) is 30.0 Å². The molecule has 94 valence electrons. The van der Waals surface area contributed by atoms with Crippen LogP contribution in [-0.2, 0) is 4.74 Å². The minimum atomic E-state index is 0.665. The second kappa shape index (κ2) is 6.87. The summed E-state index contributed by atoms with van der Waals surface area (Å²) in [5.41, 5.74) is 0. The van der Waals surface area contributed by atoms with Crippen LogP contribution in [0.5, 0.6) is 0 Å². The van der Waals surface area contributed by atoms with Gasteiger partial charge >= 0.3 is 0 Å². The molecule has 0 aliphatic carbocycles. The molecule has 1 aromatic rings. The highest BCUT2D eigenvalue weighted by Crippen LogP contribution is 2.28. The van der Waals surface area contributed by atoms with Crippen molar-refractivity contribution in [2.45, 2.75) is 36.5 Å². The van der Waals surface area contributed by atoms with Crippen LogP contribution in [0.2, 0.25) is 0 Å². The highest BCUT2D eigenvalue weighted by atomic mass is 32.2. The third-order valence-corrected chi connectivity index (χ3v) is 4.01. The summed E-state index contributed by atoms with van der Waals surface area (Å²) < 4.78 is 5.37. The number of anilines is 1. The highest BCUT2D eigenvalue weighted by molar-refractivity contribution is 7.99. The predicted octanol–water partition coefficient (Wildman–Crippen LogP) is 3.17. The molecule has 17 heavy (non-hydrogen) atoms. The fourth-order valence-electron chi connectivity index (χ4n) is 1.80. The molecule has 1 aliphatic heterocycles. The largest absolute Gasteiger partial charge is 0.381 e. The van der Waals surface area contributed by atoms with E-state index in [1.807, 2.05) is 17.8 Å². The van der Waals surface area contributed by atoms with Gasteiger partial charge in [-0.05, 0) is 31.4 Å². The maximum Gasteiger partial charge on any atom is 0.127 e. The van der Waals surface area contributed by atoms with Crippen LogP contribution in [0.15, 0.2) is 23.2 Å². The third kappa shape index (κ3) is 4.21. The molecule has 2 rings (SSSR count). The first-order valence-corrected chi connectivity index (χ1v) is 7.22. The van der Waals surface area contributed by atoms with Crippen LogP contribution in [0.1, 0.15) is 26.2 Å². The number of hydrogen-bond donors (Lipinski definition) is 1. The van der Waals surface area contributed by atoms with E-state index in [4.69, 9.17) is 4.74 Å². The second-order valence-corrected chi connectivity index (χ2v) is 5.54. The van der Waals surface area contributed by atoms with Gasteiger partial charge in [0.05, 0.1) is 5.03 Å². The molecular formula is C13H20N2OS. The summed E-state index contributed by atoms with van der Waals surface area (Å²) in [6.45, 7) is 4.93. The molecule has 1 aliphatic rings. The summed E-state index contributed by atoms with van der Waals surface area (Å²) in [6, 6.07) is 6.20. The van der Waals surface area contributed by atoms with Crippen molar-refractivity contribution in [2.24, 2.45) is 0 Å². The van der Waals surface area contributed by atoms with Crippen molar-refractivity contribution in [2.75, 3.05) is 25.1 Å². The molecule has 0 spiro atoms. The second-order valence-electron chi connectivity index (χ2n) is 4.22. The van der Waals surface area contributed by atoms with Gasteiger partial charge in [-0.3, -0.25) is 0 Å². The normalized spacial score (nSPS) is 17.0. The zero-order valence-corrected chi connectivity index (χ0v) is 11.1. The molecule has 0 amide bonds. The maximum absolute atomic E-state index is 5.37. The zero-order chi connectivity index (χ0) is 11.9. The average molecular weight is 252 g/mol. The SMILES string of the molecule is CCCNc1cccc(SC2CCOCC2)n1. The first-order valence-electron chi connectivity index (χ1n) is 6.34. The van der Waals surface area contributed by atoms with Gasteiger partial charge in [-0.15, -0.1) is 11.8 Å². The number of ether oxygens (including phenoxy) is 1.